The fourth-order valence-corrected chi connectivity index (χ4v) is 7.36. The van der Waals surface area contributed by atoms with E-state index >= 15 is 0 Å². The zero-order valence-corrected chi connectivity index (χ0v) is 25.5. The van der Waals surface area contributed by atoms with Crippen LogP contribution in [-0.4, -0.2) is 49.7 Å². The van der Waals surface area contributed by atoms with E-state index < -0.39 is 21.7 Å². The summed E-state index contributed by atoms with van der Waals surface area (Å²) in [5, 5.41) is 2.97. The third-order valence-corrected chi connectivity index (χ3v) is 10.4. The number of sulfonamides is 1. The third kappa shape index (κ3) is 8.12. The van der Waals surface area contributed by atoms with Crippen LogP contribution in [0.3, 0.4) is 0 Å². The molecule has 2 aromatic rings. The fourth-order valence-electron chi connectivity index (χ4n) is 6.84. The number of hydrogen-bond acceptors (Lipinski definition) is 7. The summed E-state index contributed by atoms with van der Waals surface area (Å²) in [6.07, 6.45) is 16.0. The summed E-state index contributed by atoms with van der Waals surface area (Å²) in [5.41, 5.74) is 1.50. The number of aromatic nitrogens is 1. The zero-order valence-electron chi connectivity index (χ0n) is 24.7. The molecule has 3 aliphatic rings. The monoisotopic (exact) mass is 615 g/mol. The maximum absolute atomic E-state index is 14.3. The Hall–Kier alpha value is -3.05. The van der Waals surface area contributed by atoms with Crippen molar-refractivity contribution in [1.29, 1.82) is 0 Å². The molecule has 3 fully saturated rings. The Bertz CT molecular complexity index is 1420. The van der Waals surface area contributed by atoms with Crippen LogP contribution >= 0.6 is 0 Å². The molecule has 1 aromatic heterocycles. The molecule has 4 atom stereocenters. The molecular formula is C32H42FN3O6S. The van der Waals surface area contributed by atoms with E-state index in [9.17, 15) is 22.4 Å². The lowest BCUT2D eigenvalue weighted by Gasteiger charge is -2.26. The van der Waals surface area contributed by atoms with Crippen LogP contribution in [0.4, 0.5) is 4.39 Å². The molecule has 1 saturated carbocycles. The zero-order chi connectivity index (χ0) is 30.4. The number of unbranched alkanes of at least 4 members (excludes halogenated alkanes) is 1. The molecule has 11 heteroatoms. The van der Waals surface area contributed by atoms with Gasteiger partial charge in [0.1, 0.15) is 12.1 Å². The van der Waals surface area contributed by atoms with Crippen molar-refractivity contribution >= 4 is 27.9 Å². The number of carbonyl (C=O) groups excluding carboxylic acids is 2. The Morgan fingerprint density at radius 1 is 1.09 bits per heavy atom. The molecule has 2 bridgehead atoms. The highest BCUT2D eigenvalue weighted by Gasteiger charge is 2.51. The largest absolute Gasteiger partial charge is 0.448 e. The molecule has 1 aliphatic carbocycles. The van der Waals surface area contributed by atoms with Crippen LogP contribution in [0.25, 0.3) is 6.08 Å². The lowest BCUT2D eigenvalue weighted by atomic mass is 9.75. The van der Waals surface area contributed by atoms with Gasteiger partial charge < -0.3 is 14.5 Å². The Kier molecular flexibility index (Phi) is 10.3. The first-order valence-electron chi connectivity index (χ1n) is 15.6. The van der Waals surface area contributed by atoms with Crippen molar-refractivity contribution < 1.29 is 31.6 Å². The second-order valence-corrected chi connectivity index (χ2v) is 14.1. The van der Waals surface area contributed by atoms with E-state index in [1.807, 2.05) is 4.72 Å². The molecule has 4 unspecified atom stereocenters. The lowest BCUT2D eigenvalue weighted by molar-refractivity contribution is -0.114. The minimum absolute atomic E-state index is 0.0681. The van der Waals surface area contributed by atoms with Gasteiger partial charge in [-0.1, -0.05) is 51.0 Å². The van der Waals surface area contributed by atoms with E-state index in [1.165, 1.54) is 69.9 Å². The summed E-state index contributed by atoms with van der Waals surface area (Å²) in [6.45, 7) is 2.04. The van der Waals surface area contributed by atoms with Gasteiger partial charge in [0.15, 0.2) is 5.69 Å². The maximum Gasteiger partial charge on any atom is 0.273 e. The van der Waals surface area contributed by atoms with Gasteiger partial charge in [-0.3, -0.25) is 9.59 Å². The summed E-state index contributed by atoms with van der Waals surface area (Å²) in [5.74, 6) is -0.655. The van der Waals surface area contributed by atoms with Crippen molar-refractivity contribution in [2.24, 2.45) is 11.8 Å². The quantitative estimate of drug-likeness (QED) is 0.232. The van der Waals surface area contributed by atoms with E-state index in [4.69, 9.17) is 9.15 Å². The van der Waals surface area contributed by atoms with E-state index in [1.54, 1.807) is 6.07 Å². The number of halogens is 1. The van der Waals surface area contributed by atoms with Crippen molar-refractivity contribution in [2.45, 2.75) is 95.7 Å². The van der Waals surface area contributed by atoms with Gasteiger partial charge in [-0.2, -0.15) is 0 Å². The van der Waals surface area contributed by atoms with E-state index in [0.717, 1.165) is 37.7 Å². The highest BCUT2D eigenvalue weighted by molar-refractivity contribution is 7.90. The predicted octanol–water partition coefficient (Wildman–Crippen LogP) is 5.28. The Morgan fingerprint density at radius 2 is 1.88 bits per heavy atom. The number of amides is 2. The van der Waals surface area contributed by atoms with Crippen LogP contribution in [0.2, 0.25) is 0 Å². The number of oxazole rings is 1. The van der Waals surface area contributed by atoms with Crippen LogP contribution in [0.15, 0.2) is 35.0 Å². The summed E-state index contributed by atoms with van der Waals surface area (Å²) in [6, 6.07) is 4.29. The molecule has 2 aliphatic heterocycles. The molecule has 0 radical (unpaired) electrons. The lowest BCUT2D eigenvalue weighted by Crippen LogP contribution is -2.30. The molecule has 234 valence electrons. The maximum atomic E-state index is 14.3. The average molecular weight is 616 g/mol. The molecule has 2 N–H and O–H groups in total. The van der Waals surface area contributed by atoms with Crippen molar-refractivity contribution in [1.82, 2.24) is 15.0 Å². The molecule has 5 rings (SSSR count). The summed E-state index contributed by atoms with van der Waals surface area (Å²) in [7, 11) is -3.69. The van der Waals surface area contributed by atoms with Gasteiger partial charge in [0, 0.05) is 18.5 Å². The summed E-state index contributed by atoms with van der Waals surface area (Å²) < 4.78 is 51.8. The second kappa shape index (κ2) is 14.2. The number of nitrogens with zero attached hydrogens (tertiary/aromatic N) is 1. The number of carbonyl (C=O) groups is 2. The van der Waals surface area contributed by atoms with Crippen molar-refractivity contribution in [3.05, 3.63) is 59.1 Å². The van der Waals surface area contributed by atoms with Gasteiger partial charge in [-0.25, -0.2) is 22.5 Å². The van der Waals surface area contributed by atoms with E-state index in [-0.39, 0.29) is 41.4 Å². The highest BCUT2D eigenvalue weighted by atomic mass is 32.2. The summed E-state index contributed by atoms with van der Waals surface area (Å²) in [4.78, 5) is 29.5. The minimum Gasteiger partial charge on any atom is -0.448 e. The number of hydrogen-bond donors (Lipinski definition) is 2. The minimum atomic E-state index is -3.69. The first kappa shape index (κ1) is 31.4. The SMILES string of the molecule is CCS(=O)(=O)NC(=O)/C=C/c1ccc(F)cc1CC1C2CCC(O2)C1c1nc(C(=O)NCCCCC2CCCCC2)co1. The molecule has 1 aromatic carbocycles. The van der Waals surface area contributed by atoms with Gasteiger partial charge in [0.2, 0.25) is 15.9 Å². The van der Waals surface area contributed by atoms with Crippen molar-refractivity contribution in [3.63, 3.8) is 0 Å². The van der Waals surface area contributed by atoms with Crippen LogP contribution in [-0.2, 0) is 26.0 Å². The fraction of sp³-hybridized carbons (Fsp3) is 0.594. The molecule has 0 spiro atoms. The highest BCUT2D eigenvalue weighted by Crippen LogP contribution is 2.50. The van der Waals surface area contributed by atoms with Gasteiger partial charge in [0.05, 0.1) is 23.9 Å². The van der Waals surface area contributed by atoms with Gasteiger partial charge in [0.25, 0.3) is 11.8 Å². The Labute approximate surface area is 253 Å². The third-order valence-electron chi connectivity index (χ3n) is 9.12. The molecular weight excluding hydrogens is 573 g/mol. The Morgan fingerprint density at radius 3 is 2.67 bits per heavy atom. The van der Waals surface area contributed by atoms with Crippen molar-refractivity contribution in [3.8, 4) is 0 Å². The van der Waals surface area contributed by atoms with Crippen LogP contribution in [0, 0.1) is 17.7 Å². The van der Waals surface area contributed by atoms with E-state index in [2.05, 4.69) is 10.3 Å². The molecule has 2 saturated heterocycles. The van der Waals surface area contributed by atoms with Crippen LogP contribution in [0.1, 0.15) is 105 Å². The topological polar surface area (TPSA) is 128 Å². The van der Waals surface area contributed by atoms with Crippen molar-refractivity contribution in [2.75, 3.05) is 12.3 Å². The van der Waals surface area contributed by atoms with Gasteiger partial charge in [-0.15, -0.1) is 0 Å². The summed E-state index contributed by atoms with van der Waals surface area (Å²) >= 11 is 0. The van der Waals surface area contributed by atoms with Crippen LogP contribution in [0.5, 0.6) is 0 Å². The molecule has 9 nitrogen and oxygen atoms in total. The first-order chi connectivity index (χ1) is 20.7. The number of benzene rings is 1. The number of fused-ring (bicyclic) bond motifs is 2. The normalized spacial score (nSPS) is 24.0. The van der Waals surface area contributed by atoms with Gasteiger partial charge >= 0.3 is 0 Å². The first-order valence-corrected chi connectivity index (χ1v) is 17.3. The average Bonchev–Trinajstić information content (AvgIpc) is 3.74. The number of nitrogens with one attached hydrogen (secondary N) is 2. The second-order valence-electron chi connectivity index (χ2n) is 12.1. The predicted molar refractivity (Wildman–Crippen MR) is 160 cm³/mol. The van der Waals surface area contributed by atoms with Gasteiger partial charge in [-0.05, 0) is 67.9 Å². The van der Waals surface area contributed by atoms with Crippen LogP contribution < -0.4 is 10.0 Å². The number of rotatable bonds is 13. The number of ether oxygens (including phenoxy) is 1. The van der Waals surface area contributed by atoms with E-state index in [0.29, 0.717) is 30.0 Å². The molecule has 2 amide bonds. The molecule has 3 heterocycles. The smallest absolute Gasteiger partial charge is 0.273 e. The molecule has 43 heavy (non-hydrogen) atoms. The standard InChI is InChI=1S/C32H42FN3O6S/c1-2-43(39,40)36-29(37)16-12-22-11-13-24(33)18-23(22)19-25-27-14-15-28(42-27)30(25)32-35-26(20-41-32)31(38)34-17-7-6-10-21-8-4-3-5-9-21/h11-13,16,18,20-21,25,27-28,30H,2-10,14-15,17,19H2,1H3,(H,34,38)(H,36,37)/b16-12+. The Balaban J connectivity index is 1.21.